The van der Waals surface area contributed by atoms with Gasteiger partial charge < -0.3 is 20.5 Å². The van der Waals surface area contributed by atoms with Gasteiger partial charge in [0.15, 0.2) is 0 Å². The predicted octanol–water partition coefficient (Wildman–Crippen LogP) is 2.06. The normalized spacial score (nSPS) is 10.8. The molecule has 27 heavy (non-hydrogen) atoms. The number of amides is 2. The topological polar surface area (TPSA) is 105 Å². The van der Waals surface area contributed by atoms with Crippen LogP contribution in [-0.2, 0) is 9.59 Å². The van der Waals surface area contributed by atoms with Crippen LogP contribution in [0.25, 0.3) is 6.08 Å². The maximum Gasteiger partial charge on any atom is 0.322 e. The van der Waals surface area contributed by atoms with Gasteiger partial charge in [0.25, 0.3) is 11.8 Å². The Labute approximate surface area is 156 Å². The van der Waals surface area contributed by atoms with E-state index >= 15 is 0 Å². The minimum absolute atomic E-state index is 0.0543. The van der Waals surface area contributed by atoms with Gasteiger partial charge >= 0.3 is 5.97 Å². The zero-order chi connectivity index (χ0) is 19.6. The highest BCUT2D eigenvalue weighted by Crippen LogP contribution is 2.13. The molecule has 0 aromatic heterocycles. The first-order valence-corrected chi connectivity index (χ1v) is 8.30. The molecule has 0 spiro atoms. The number of carboxylic acids is 1. The molecule has 0 unspecified atom stereocenters. The van der Waals surface area contributed by atoms with Crippen molar-refractivity contribution in [3.63, 3.8) is 0 Å². The summed E-state index contributed by atoms with van der Waals surface area (Å²) >= 11 is 0. The molecule has 0 saturated heterocycles. The molecule has 0 heterocycles. The van der Waals surface area contributed by atoms with Crippen LogP contribution >= 0.6 is 0 Å². The van der Waals surface area contributed by atoms with E-state index in [1.165, 1.54) is 6.08 Å². The van der Waals surface area contributed by atoms with E-state index in [0.717, 1.165) is 0 Å². The van der Waals surface area contributed by atoms with E-state index in [-0.39, 0.29) is 5.70 Å². The van der Waals surface area contributed by atoms with Crippen LogP contribution in [0.15, 0.2) is 60.3 Å². The van der Waals surface area contributed by atoms with E-state index in [1.54, 1.807) is 48.5 Å². The summed E-state index contributed by atoms with van der Waals surface area (Å²) in [6.07, 6.45) is 1.48. The second kappa shape index (κ2) is 9.76. The molecule has 0 saturated carbocycles. The van der Waals surface area contributed by atoms with Crippen molar-refractivity contribution in [3.05, 3.63) is 71.4 Å². The number of aliphatic carboxylic acids is 1. The lowest BCUT2D eigenvalue weighted by atomic mass is 10.1. The molecule has 2 rings (SSSR count). The van der Waals surface area contributed by atoms with Gasteiger partial charge in [-0.3, -0.25) is 14.4 Å². The Hall–Kier alpha value is -3.61. The maximum atomic E-state index is 12.5. The van der Waals surface area contributed by atoms with Gasteiger partial charge in [0, 0.05) is 5.56 Å². The molecular weight excluding hydrogens is 348 g/mol. The van der Waals surface area contributed by atoms with E-state index in [9.17, 15) is 14.4 Å². The van der Waals surface area contributed by atoms with E-state index in [4.69, 9.17) is 9.84 Å². The largest absolute Gasteiger partial charge is 0.494 e. The predicted molar refractivity (Wildman–Crippen MR) is 100 cm³/mol. The van der Waals surface area contributed by atoms with Crippen molar-refractivity contribution in [3.8, 4) is 5.75 Å². The summed E-state index contributed by atoms with van der Waals surface area (Å²) in [7, 11) is 0. The van der Waals surface area contributed by atoms with Gasteiger partial charge in [0.2, 0.25) is 0 Å². The molecular formula is C20H20N2O5. The summed E-state index contributed by atoms with van der Waals surface area (Å²) in [5, 5.41) is 13.5. The third-order valence-corrected chi connectivity index (χ3v) is 3.43. The highest BCUT2D eigenvalue weighted by atomic mass is 16.5. The van der Waals surface area contributed by atoms with Crippen LogP contribution in [-0.4, -0.2) is 36.0 Å². The zero-order valence-corrected chi connectivity index (χ0v) is 14.8. The van der Waals surface area contributed by atoms with Gasteiger partial charge in [-0.15, -0.1) is 0 Å². The first kappa shape index (κ1) is 19.7. The molecule has 140 valence electrons. The van der Waals surface area contributed by atoms with E-state index in [2.05, 4.69) is 10.6 Å². The Bertz CT molecular complexity index is 829. The van der Waals surface area contributed by atoms with Gasteiger partial charge in [0.1, 0.15) is 18.0 Å². The number of carbonyl (C=O) groups is 3. The molecule has 3 N–H and O–H groups in total. The number of nitrogens with one attached hydrogen (secondary N) is 2. The van der Waals surface area contributed by atoms with Crippen LogP contribution in [0.4, 0.5) is 0 Å². The summed E-state index contributed by atoms with van der Waals surface area (Å²) in [5.41, 5.74) is 0.967. The Morgan fingerprint density at radius 1 is 1.04 bits per heavy atom. The molecule has 0 radical (unpaired) electrons. The van der Waals surface area contributed by atoms with Gasteiger partial charge in [-0.1, -0.05) is 30.3 Å². The fourth-order valence-corrected chi connectivity index (χ4v) is 2.19. The Morgan fingerprint density at radius 2 is 1.70 bits per heavy atom. The van der Waals surface area contributed by atoms with Crippen molar-refractivity contribution in [2.24, 2.45) is 0 Å². The third-order valence-electron chi connectivity index (χ3n) is 3.43. The molecule has 7 nitrogen and oxygen atoms in total. The minimum atomic E-state index is -1.18. The first-order valence-electron chi connectivity index (χ1n) is 8.30. The maximum absolute atomic E-state index is 12.5. The Kier molecular flexibility index (Phi) is 7.13. The zero-order valence-electron chi connectivity index (χ0n) is 14.8. The fourth-order valence-electron chi connectivity index (χ4n) is 2.19. The fraction of sp³-hybridized carbons (Fsp3) is 0.150. The summed E-state index contributed by atoms with van der Waals surface area (Å²) in [5.74, 6) is -1.74. The first-order chi connectivity index (χ1) is 13.0. The van der Waals surface area contributed by atoms with Crippen molar-refractivity contribution in [1.29, 1.82) is 0 Å². The number of carbonyl (C=O) groups excluding carboxylic acids is 2. The molecule has 0 atom stereocenters. The average Bonchev–Trinajstić information content (AvgIpc) is 2.67. The molecule has 0 aliphatic carbocycles. The van der Waals surface area contributed by atoms with Crippen LogP contribution in [0.1, 0.15) is 22.8 Å². The number of rotatable bonds is 8. The molecule has 0 fully saturated rings. The highest BCUT2D eigenvalue weighted by Gasteiger charge is 2.15. The summed E-state index contributed by atoms with van der Waals surface area (Å²) in [4.78, 5) is 35.4. The third kappa shape index (κ3) is 6.32. The number of ether oxygens (including phenoxy) is 1. The van der Waals surface area contributed by atoms with Crippen LogP contribution in [0.3, 0.4) is 0 Å². The Balaban J connectivity index is 2.19. The molecule has 2 amide bonds. The molecule has 0 bridgehead atoms. The molecule has 2 aromatic rings. The van der Waals surface area contributed by atoms with Crippen molar-refractivity contribution in [1.82, 2.24) is 10.6 Å². The summed E-state index contributed by atoms with van der Waals surface area (Å²) in [6.45, 7) is 1.82. The molecule has 2 aromatic carbocycles. The standard InChI is InChI=1S/C20H20N2O5/c1-2-27-16-10-8-15(9-11-16)19(25)22-17(20(26)21-13-18(23)24)12-14-6-4-3-5-7-14/h3-12H,2,13H2,1H3,(H,21,26)(H,22,25)(H,23,24)/b17-12-. The smallest absolute Gasteiger partial charge is 0.322 e. The second-order valence-electron chi connectivity index (χ2n) is 5.46. The molecule has 7 heteroatoms. The SMILES string of the molecule is CCOc1ccc(C(=O)N/C(=C\c2ccccc2)C(=O)NCC(=O)O)cc1. The second-order valence-corrected chi connectivity index (χ2v) is 5.46. The summed E-state index contributed by atoms with van der Waals surface area (Å²) in [6, 6.07) is 15.4. The number of hydrogen-bond acceptors (Lipinski definition) is 4. The van der Waals surface area contributed by atoms with Crippen molar-refractivity contribution < 1.29 is 24.2 Å². The lowest BCUT2D eigenvalue weighted by Gasteiger charge is -2.11. The van der Waals surface area contributed by atoms with Gasteiger partial charge in [0.05, 0.1) is 6.61 Å². The van der Waals surface area contributed by atoms with E-state index in [0.29, 0.717) is 23.5 Å². The van der Waals surface area contributed by atoms with Crippen LogP contribution in [0, 0.1) is 0 Å². The molecule has 0 aliphatic rings. The monoisotopic (exact) mass is 368 g/mol. The van der Waals surface area contributed by atoms with E-state index in [1.807, 2.05) is 13.0 Å². The van der Waals surface area contributed by atoms with Crippen molar-refractivity contribution in [2.75, 3.05) is 13.2 Å². The lowest BCUT2D eigenvalue weighted by molar-refractivity contribution is -0.137. The van der Waals surface area contributed by atoms with Crippen molar-refractivity contribution in [2.45, 2.75) is 6.92 Å². The minimum Gasteiger partial charge on any atom is -0.494 e. The number of hydrogen-bond donors (Lipinski definition) is 3. The van der Waals surface area contributed by atoms with Crippen LogP contribution < -0.4 is 15.4 Å². The van der Waals surface area contributed by atoms with Gasteiger partial charge in [-0.2, -0.15) is 0 Å². The van der Waals surface area contributed by atoms with Crippen molar-refractivity contribution >= 4 is 23.9 Å². The summed E-state index contributed by atoms with van der Waals surface area (Å²) < 4.78 is 5.33. The average molecular weight is 368 g/mol. The van der Waals surface area contributed by atoms with Crippen LogP contribution in [0.5, 0.6) is 5.75 Å². The highest BCUT2D eigenvalue weighted by molar-refractivity contribution is 6.05. The van der Waals surface area contributed by atoms with Crippen LogP contribution in [0.2, 0.25) is 0 Å². The number of carboxylic acid groups (broad SMARTS) is 1. The molecule has 0 aliphatic heterocycles. The van der Waals surface area contributed by atoms with Gasteiger partial charge in [-0.05, 0) is 42.8 Å². The van der Waals surface area contributed by atoms with Gasteiger partial charge in [-0.25, -0.2) is 0 Å². The lowest BCUT2D eigenvalue weighted by Crippen LogP contribution is -2.37. The quantitative estimate of drug-likeness (QED) is 0.619. The number of benzene rings is 2. The van der Waals surface area contributed by atoms with E-state index < -0.39 is 24.3 Å². The Morgan fingerprint density at radius 3 is 2.30 bits per heavy atom.